The molecule has 1 unspecified atom stereocenters. The Bertz CT molecular complexity index is 456. The van der Waals surface area contributed by atoms with Crippen LogP contribution in [0.4, 0.5) is 5.82 Å². The maximum atomic E-state index is 12.0. The number of carbonyl (C=O) groups is 1. The van der Waals surface area contributed by atoms with Crippen molar-refractivity contribution in [2.24, 2.45) is 7.05 Å². The van der Waals surface area contributed by atoms with Crippen LogP contribution in [0.1, 0.15) is 6.92 Å². The molecule has 0 bridgehead atoms. The first-order chi connectivity index (χ1) is 10.0. The van der Waals surface area contributed by atoms with Crippen LogP contribution in [-0.4, -0.2) is 78.0 Å². The molecule has 0 spiro atoms. The summed E-state index contributed by atoms with van der Waals surface area (Å²) in [4.78, 5) is 16.4. The summed E-state index contributed by atoms with van der Waals surface area (Å²) in [7, 11) is 3.79. The highest BCUT2D eigenvalue weighted by Gasteiger charge is 2.19. The number of anilines is 1. The minimum absolute atomic E-state index is 0.0367. The Hall–Kier alpha value is -1.44. The third kappa shape index (κ3) is 5.11. The van der Waals surface area contributed by atoms with E-state index in [-0.39, 0.29) is 5.91 Å². The summed E-state index contributed by atoms with van der Waals surface area (Å²) in [5.41, 5.74) is 0. The number of amides is 1. The zero-order valence-electron chi connectivity index (χ0n) is 13.1. The van der Waals surface area contributed by atoms with Gasteiger partial charge in [-0.2, -0.15) is 5.10 Å². The molecule has 118 valence electrons. The second kappa shape index (κ2) is 7.53. The highest BCUT2D eigenvalue weighted by Crippen LogP contribution is 2.05. The third-order valence-electron chi connectivity index (χ3n) is 3.64. The molecule has 21 heavy (non-hydrogen) atoms. The van der Waals surface area contributed by atoms with Gasteiger partial charge in [0.25, 0.3) is 0 Å². The number of morpholine rings is 1. The molecule has 0 aromatic carbocycles. The summed E-state index contributed by atoms with van der Waals surface area (Å²) in [5, 5.41) is 6.94. The molecule has 7 heteroatoms. The van der Waals surface area contributed by atoms with Crippen LogP contribution in [0.25, 0.3) is 0 Å². The average molecular weight is 295 g/mol. The molecule has 2 heterocycles. The maximum Gasteiger partial charge on any atom is 0.239 e. The van der Waals surface area contributed by atoms with Gasteiger partial charge in [0.15, 0.2) is 5.82 Å². The fourth-order valence-corrected chi connectivity index (χ4v) is 2.56. The quantitative estimate of drug-likeness (QED) is 0.801. The Morgan fingerprint density at radius 2 is 2.24 bits per heavy atom. The predicted molar refractivity (Wildman–Crippen MR) is 81.2 cm³/mol. The Morgan fingerprint density at radius 3 is 2.86 bits per heavy atom. The van der Waals surface area contributed by atoms with Crippen molar-refractivity contribution in [3.05, 3.63) is 12.3 Å². The number of aryl methyl sites for hydroxylation is 1. The maximum absolute atomic E-state index is 12.0. The molecule has 1 atom stereocenters. The van der Waals surface area contributed by atoms with Crippen LogP contribution in [-0.2, 0) is 16.6 Å². The van der Waals surface area contributed by atoms with Gasteiger partial charge in [-0.05, 0) is 14.0 Å². The molecule has 1 N–H and O–H groups in total. The van der Waals surface area contributed by atoms with Gasteiger partial charge in [0, 0.05) is 45.0 Å². The summed E-state index contributed by atoms with van der Waals surface area (Å²) >= 11 is 0. The lowest BCUT2D eigenvalue weighted by molar-refractivity contribution is -0.117. The topological polar surface area (TPSA) is 62.6 Å². The first kappa shape index (κ1) is 15.9. The molecule has 1 aliphatic rings. The van der Waals surface area contributed by atoms with Gasteiger partial charge >= 0.3 is 0 Å². The number of aromatic nitrogens is 2. The lowest BCUT2D eigenvalue weighted by Crippen LogP contribution is -2.47. The lowest BCUT2D eigenvalue weighted by atomic mass is 10.2. The first-order valence-corrected chi connectivity index (χ1v) is 7.34. The van der Waals surface area contributed by atoms with E-state index in [9.17, 15) is 4.79 Å². The number of carbonyl (C=O) groups excluding carboxylic acids is 1. The molecule has 0 saturated carbocycles. The number of rotatable bonds is 6. The van der Waals surface area contributed by atoms with Crippen molar-refractivity contribution < 1.29 is 9.53 Å². The van der Waals surface area contributed by atoms with E-state index in [1.54, 1.807) is 16.9 Å². The van der Waals surface area contributed by atoms with Gasteiger partial charge in [0.05, 0.1) is 19.8 Å². The van der Waals surface area contributed by atoms with Crippen LogP contribution in [0.3, 0.4) is 0 Å². The van der Waals surface area contributed by atoms with E-state index in [0.29, 0.717) is 18.4 Å². The molecule has 7 nitrogen and oxygen atoms in total. The predicted octanol–water partition coefficient (Wildman–Crippen LogP) is 0.0111. The molecule has 1 aliphatic heterocycles. The van der Waals surface area contributed by atoms with Crippen LogP contribution in [0.15, 0.2) is 12.3 Å². The Balaban J connectivity index is 1.72. The van der Waals surface area contributed by atoms with Crippen LogP contribution >= 0.6 is 0 Å². The minimum Gasteiger partial charge on any atom is -0.379 e. The smallest absolute Gasteiger partial charge is 0.239 e. The van der Waals surface area contributed by atoms with Gasteiger partial charge in [-0.3, -0.25) is 19.3 Å². The molecule has 2 rings (SSSR count). The van der Waals surface area contributed by atoms with Crippen molar-refractivity contribution in [2.75, 3.05) is 51.8 Å². The van der Waals surface area contributed by atoms with Crippen LogP contribution in [0.5, 0.6) is 0 Å². The van der Waals surface area contributed by atoms with E-state index in [1.807, 2.05) is 19.0 Å². The van der Waals surface area contributed by atoms with E-state index >= 15 is 0 Å². The molecule has 1 fully saturated rings. The van der Waals surface area contributed by atoms with Crippen LogP contribution in [0.2, 0.25) is 0 Å². The number of nitrogens with zero attached hydrogens (tertiary/aromatic N) is 4. The highest BCUT2D eigenvalue weighted by atomic mass is 16.5. The number of nitrogens with one attached hydrogen (secondary N) is 1. The van der Waals surface area contributed by atoms with E-state index in [4.69, 9.17) is 4.74 Å². The first-order valence-electron chi connectivity index (χ1n) is 7.34. The van der Waals surface area contributed by atoms with E-state index in [2.05, 4.69) is 22.2 Å². The van der Waals surface area contributed by atoms with E-state index < -0.39 is 0 Å². The normalized spacial score (nSPS) is 17.9. The summed E-state index contributed by atoms with van der Waals surface area (Å²) in [5.74, 6) is 0.558. The number of hydrogen-bond donors (Lipinski definition) is 1. The Labute approximate surface area is 125 Å². The summed E-state index contributed by atoms with van der Waals surface area (Å²) in [6.45, 7) is 6.95. The van der Waals surface area contributed by atoms with Gasteiger partial charge in [0.2, 0.25) is 5.91 Å². The third-order valence-corrected chi connectivity index (χ3v) is 3.64. The molecule has 1 amide bonds. The fraction of sp³-hybridized carbons (Fsp3) is 0.714. The van der Waals surface area contributed by atoms with Gasteiger partial charge in [0.1, 0.15) is 0 Å². The van der Waals surface area contributed by atoms with Gasteiger partial charge < -0.3 is 10.1 Å². The highest BCUT2D eigenvalue weighted by molar-refractivity contribution is 5.91. The minimum atomic E-state index is -0.0367. The molecular formula is C14H25N5O2. The van der Waals surface area contributed by atoms with Gasteiger partial charge in [-0.1, -0.05) is 0 Å². The Kier molecular flexibility index (Phi) is 5.72. The van der Waals surface area contributed by atoms with Crippen molar-refractivity contribution in [1.29, 1.82) is 0 Å². The van der Waals surface area contributed by atoms with Crippen molar-refractivity contribution in [2.45, 2.75) is 13.0 Å². The van der Waals surface area contributed by atoms with Crippen molar-refractivity contribution in [3.8, 4) is 0 Å². The summed E-state index contributed by atoms with van der Waals surface area (Å²) < 4.78 is 7.03. The lowest BCUT2D eigenvalue weighted by Gasteiger charge is -2.34. The SMILES string of the molecule is CC(CN(C)CC(=O)Nc1ccn(C)n1)N1CCOCC1. The largest absolute Gasteiger partial charge is 0.379 e. The molecule has 1 aromatic rings. The molecule has 1 aromatic heterocycles. The average Bonchev–Trinajstić information content (AvgIpc) is 2.84. The standard InChI is InChI=1S/C14H25N5O2/c1-12(19-6-8-21-9-7-19)10-17(2)11-14(20)15-13-4-5-18(3)16-13/h4-5,12H,6-11H2,1-3H3,(H,15,16,20). The van der Waals surface area contributed by atoms with Crippen LogP contribution in [0, 0.1) is 0 Å². The van der Waals surface area contributed by atoms with Crippen molar-refractivity contribution >= 4 is 11.7 Å². The Morgan fingerprint density at radius 1 is 1.52 bits per heavy atom. The summed E-state index contributed by atoms with van der Waals surface area (Å²) in [6, 6.07) is 2.20. The van der Waals surface area contributed by atoms with E-state index in [0.717, 1.165) is 32.8 Å². The summed E-state index contributed by atoms with van der Waals surface area (Å²) in [6.07, 6.45) is 1.81. The van der Waals surface area contributed by atoms with Crippen molar-refractivity contribution in [1.82, 2.24) is 19.6 Å². The van der Waals surface area contributed by atoms with Gasteiger partial charge in [-0.15, -0.1) is 0 Å². The fourth-order valence-electron chi connectivity index (χ4n) is 2.56. The monoisotopic (exact) mass is 295 g/mol. The number of likely N-dealkylation sites (N-methyl/N-ethyl adjacent to an activating group) is 1. The zero-order valence-corrected chi connectivity index (χ0v) is 13.1. The van der Waals surface area contributed by atoms with E-state index in [1.165, 1.54) is 0 Å². The number of hydrogen-bond acceptors (Lipinski definition) is 5. The van der Waals surface area contributed by atoms with Crippen molar-refractivity contribution in [3.63, 3.8) is 0 Å². The molecule has 0 aliphatic carbocycles. The van der Waals surface area contributed by atoms with Crippen LogP contribution < -0.4 is 5.32 Å². The molecule has 0 radical (unpaired) electrons. The second-order valence-electron chi connectivity index (χ2n) is 5.62. The molecule has 1 saturated heterocycles. The molecular weight excluding hydrogens is 270 g/mol. The zero-order chi connectivity index (χ0) is 15.2. The van der Waals surface area contributed by atoms with Gasteiger partial charge in [-0.25, -0.2) is 0 Å². The second-order valence-corrected chi connectivity index (χ2v) is 5.62. The number of ether oxygens (including phenoxy) is 1.